The number of hydrogen-bond donors (Lipinski definition) is 1. The fourth-order valence-corrected chi connectivity index (χ4v) is 4.32. The van der Waals surface area contributed by atoms with Crippen LogP contribution in [0.25, 0.3) is 49.0 Å². The molecule has 0 aliphatic rings. The van der Waals surface area contributed by atoms with E-state index in [9.17, 15) is 14.7 Å². The number of carbonyl (C=O) groups is 1. The first-order chi connectivity index (χ1) is 13.6. The largest absolute Gasteiger partial charge is 0.478 e. The number of aromatic nitrogens is 2. The first-order valence-corrected chi connectivity index (χ1v) is 8.89. The molecule has 132 valence electrons. The molecule has 0 aliphatic carbocycles. The average molecular weight is 364 g/mol. The lowest BCUT2D eigenvalue weighted by molar-refractivity contribution is 0.0699. The fraction of sp³-hybridized carbons (Fsp3) is 0. The summed E-state index contributed by atoms with van der Waals surface area (Å²) in [5.41, 5.74) is 2.13. The summed E-state index contributed by atoms with van der Waals surface area (Å²) in [7, 11) is 0. The Kier molecular flexibility index (Phi) is 2.72. The van der Waals surface area contributed by atoms with Crippen molar-refractivity contribution in [3.8, 4) is 0 Å². The molecule has 0 aliphatic heterocycles. The third-order valence-corrected chi connectivity index (χ3v) is 5.49. The van der Waals surface area contributed by atoms with Crippen LogP contribution in [0.3, 0.4) is 0 Å². The molecule has 1 N–H and O–H groups in total. The van der Waals surface area contributed by atoms with E-state index in [0.29, 0.717) is 21.8 Å². The van der Waals surface area contributed by atoms with Crippen molar-refractivity contribution in [1.82, 2.24) is 9.38 Å². The van der Waals surface area contributed by atoms with Crippen LogP contribution in [-0.2, 0) is 0 Å². The molecular weight excluding hydrogens is 352 g/mol. The van der Waals surface area contributed by atoms with Gasteiger partial charge in [-0.25, -0.2) is 9.78 Å². The number of pyridine rings is 1. The number of carboxylic acid groups (broad SMARTS) is 1. The van der Waals surface area contributed by atoms with Gasteiger partial charge in [0, 0.05) is 21.5 Å². The molecule has 6 aromatic rings. The second-order valence-electron chi connectivity index (χ2n) is 6.92. The van der Waals surface area contributed by atoms with E-state index in [2.05, 4.69) is 0 Å². The van der Waals surface area contributed by atoms with E-state index in [1.54, 1.807) is 16.5 Å². The summed E-state index contributed by atoms with van der Waals surface area (Å²) in [5.74, 6) is -1.01. The summed E-state index contributed by atoms with van der Waals surface area (Å²) in [4.78, 5) is 29.9. The Balaban J connectivity index is 2.01. The monoisotopic (exact) mass is 364 g/mol. The maximum Gasteiger partial charge on any atom is 0.336 e. The van der Waals surface area contributed by atoms with Crippen LogP contribution in [0, 0.1) is 0 Å². The van der Waals surface area contributed by atoms with Gasteiger partial charge < -0.3 is 5.11 Å². The summed E-state index contributed by atoms with van der Waals surface area (Å²) < 4.78 is 1.65. The zero-order valence-corrected chi connectivity index (χ0v) is 14.5. The number of benzene rings is 4. The molecule has 0 unspecified atom stereocenters. The van der Waals surface area contributed by atoms with Crippen molar-refractivity contribution in [2.45, 2.75) is 0 Å². The van der Waals surface area contributed by atoms with Gasteiger partial charge in [0.2, 0.25) is 0 Å². The molecule has 0 fully saturated rings. The molecule has 0 amide bonds. The smallest absolute Gasteiger partial charge is 0.336 e. The van der Waals surface area contributed by atoms with Gasteiger partial charge in [-0.3, -0.25) is 9.20 Å². The first kappa shape index (κ1) is 15.1. The lowest BCUT2D eigenvalue weighted by Crippen LogP contribution is -2.17. The van der Waals surface area contributed by atoms with Crippen LogP contribution in [-0.4, -0.2) is 20.5 Å². The number of rotatable bonds is 1. The molecule has 0 saturated heterocycles. The Morgan fingerprint density at radius 1 is 0.821 bits per heavy atom. The molecule has 2 aromatic heterocycles. The van der Waals surface area contributed by atoms with E-state index in [4.69, 9.17) is 4.98 Å². The highest BCUT2D eigenvalue weighted by atomic mass is 16.4. The van der Waals surface area contributed by atoms with Gasteiger partial charge in [-0.15, -0.1) is 0 Å². The van der Waals surface area contributed by atoms with Gasteiger partial charge in [-0.2, -0.15) is 0 Å². The summed E-state index contributed by atoms with van der Waals surface area (Å²) >= 11 is 0. The molecule has 0 atom stereocenters. The molecule has 2 heterocycles. The maximum absolute atomic E-state index is 13.5. The Morgan fingerprint density at radius 3 is 2.39 bits per heavy atom. The van der Waals surface area contributed by atoms with Crippen molar-refractivity contribution in [3.05, 3.63) is 82.6 Å². The lowest BCUT2D eigenvalue weighted by atomic mass is 9.97. The quantitative estimate of drug-likeness (QED) is 0.346. The molecule has 28 heavy (non-hydrogen) atoms. The van der Waals surface area contributed by atoms with Crippen LogP contribution < -0.4 is 5.56 Å². The zero-order valence-electron chi connectivity index (χ0n) is 14.5. The highest BCUT2D eigenvalue weighted by Gasteiger charge is 2.19. The molecule has 0 saturated carbocycles. The predicted octanol–water partition coefficient (Wildman–Crippen LogP) is 4.44. The molecule has 5 heteroatoms. The van der Waals surface area contributed by atoms with E-state index < -0.39 is 5.97 Å². The van der Waals surface area contributed by atoms with Gasteiger partial charge >= 0.3 is 5.97 Å². The van der Waals surface area contributed by atoms with Gasteiger partial charge in [0.05, 0.1) is 16.6 Å². The molecular formula is C23H12N2O3. The van der Waals surface area contributed by atoms with E-state index in [-0.39, 0.29) is 11.1 Å². The fourth-order valence-electron chi connectivity index (χ4n) is 4.32. The number of hydrogen-bond acceptors (Lipinski definition) is 3. The van der Waals surface area contributed by atoms with E-state index >= 15 is 0 Å². The SMILES string of the molecule is O=C(O)c1ccc2c(=O)n3c4cccc5cccc(nc3c3cccc1c23)c54. The summed E-state index contributed by atoms with van der Waals surface area (Å²) in [6.07, 6.45) is 0. The van der Waals surface area contributed by atoms with E-state index in [0.717, 1.165) is 27.2 Å². The number of aromatic carboxylic acids is 1. The number of fused-ring (bicyclic) bond motifs is 3. The summed E-state index contributed by atoms with van der Waals surface area (Å²) in [5, 5.41) is 14.0. The minimum Gasteiger partial charge on any atom is -0.478 e. The third kappa shape index (κ3) is 1.73. The van der Waals surface area contributed by atoms with Crippen LogP contribution in [0.15, 0.2) is 71.5 Å². The van der Waals surface area contributed by atoms with Gasteiger partial charge in [-0.05, 0) is 35.0 Å². The van der Waals surface area contributed by atoms with Gasteiger partial charge in [-0.1, -0.05) is 42.5 Å². The van der Waals surface area contributed by atoms with E-state index in [1.165, 1.54) is 6.07 Å². The van der Waals surface area contributed by atoms with Crippen molar-refractivity contribution in [2.75, 3.05) is 0 Å². The van der Waals surface area contributed by atoms with Gasteiger partial charge in [0.25, 0.3) is 5.56 Å². The second-order valence-corrected chi connectivity index (χ2v) is 6.92. The molecule has 4 aromatic carbocycles. The van der Waals surface area contributed by atoms with Crippen molar-refractivity contribution >= 4 is 55.0 Å². The summed E-state index contributed by atoms with van der Waals surface area (Å²) in [6, 6.07) is 20.3. The molecule has 6 rings (SSSR count). The highest BCUT2D eigenvalue weighted by molar-refractivity contribution is 6.20. The minimum atomic E-state index is -1.01. The topological polar surface area (TPSA) is 71.7 Å². The molecule has 0 spiro atoms. The van der Waals surface area contributed by atoms with Crippen LogP contribution in [0.1, 0.15) is 10.4 Å². The highest BCUT2D eigenvalue weighted by Crippen LogP contribution is 2.33. The number of nitrogens with zero attached hydrogens (tertiary/aromatic N) is 2. The normalized spacial score (nSPS) is 12.0. The number of carboxylic acids is 1. The Labute approximate surface area is 157 Å². The van der Waals surface area contributed by atoms with Crippen molar-refractivity contribution in [2.24, 2.45) is 0 Å². The van der Waals surface area contributed by atoms with Gasteiger partial charge in [0.1, 0.15) is 5.65 Å². The lowest BCUT2D eigenvalue weighted by Gasteiger charge is -2.14. The Hall–Kier alpha value is -3.99. The van der Waals surface area contributed by atoms with Crippen LogP contribution >= 0.6 is 0 Å². The Bertz CT molecular complexity index is 1660. The summed E-state index contributed by atoms with van der Waals surface area (Å²) in [6.45, 7) is 0. The van der Waals surface area contributed by atoms with Crippen molar-refractivity contribution in [3.63, 3.8) is 0 Å². The first-order valence-electron chi connectivity index (χ1n) is 8.89. The maximum atomic E-state index is 13.5. The van der Waals surface area contributed by atoms with Crippen LogP contribution in [0.2, 0.25) is 0 Å². The van der Waals surface area contributed by atoms with Crippen LogP contribution in [0.5, 0.6) is 0 Å². The van der Waals surface area contributed by atoms with Gasteiger partial charge in [0.15, 0.2) is 0 Å². The second kappa shape index (κ2) is 5.04. The third-order valence-electron chi connectivity index (χ3n) is 5.49. The molecule has 0 radical (unpaired) electrons. The zero-order chi connectivity index (χ0) is 19.0. The molecule has 5 nitrogen and oxygen atoms in total. The predicted molar refractivity (Wildman–Crippen MR) is 110 cm³/mol. The van der Waals surface area contributed by atoms with Crippen LogP contribution in [0.4, 0.5) is 0 Å². The molecule has 0 bridgehead atoms. The van der Waals surface area contributed by atoms with Crippen molar-refractivity contribution in [1.29, 1.82) is 0 Å². The average Bonchev–Trinajstić information content (AvgIpc) is 2.71. The minimum absolute atomic E-state index is 0.181. The van der Waals surface area contributed by atoms with E-state index in [1.807, 2.05) is 48.5 Å². The van der Waals surface area contributed by atoms with Crippen molar-refractivity contribution < 1.29 is 9.90 Å². The standard InChI is InChI=1S/C23H12N2O3/c26-22-16-11-10-14(23(27)28)13-6-3-7-15(20(13)16)21-24-17-8-1-4-12-5-2-9-18(19(12)17)25(21)22/h1-11H,(H,27,28). The Morgan fingerprint density at radius 2 is 1.57 bits per heavy atom.